The number of carbonyl (C=O) groups is 2. The van der Waals surface area contributed by atoms with Crippen LogP contribution >= 0.6 is 0 Å². The van der Waals surface area contributed by atoms with Crippen molar-refractivity contribution in [2.45, 2.75) is 81.9 Å². The molecule has 1 amide bonds. The van der Waals surface area contributed by atoms with Gasteiger partial charge in [-0.15, -0.1) is 0 Å². The highest BCUT2D eigenvalue weighted by atomic mass is 16.7. The fourth-order valence-corrected chi connectivity index (χ4v) is 4.25. The normalized spacial score (nSPS) is 35.0. The first kappa shape index (κ1) is 25.5. The highest BCUT2D eigenvalue weighted by Crippen LogP contribution is 2.34. The molecule has 184 valence electrons. The molecule has 2 fully saturated rings. The first-order chi connectivity index (χ1) is 15.5. The minimum atomic E-state index is -1.66. The number of hydrogen-bond acceptors (Lipinski definition) is 9. The summed E-state index contributed by atoms with van der Waals surface area (Å²) < 4.78 is 17.2. The lowest BCUT2D eigenvalue weighted by Crippen LogP contribution is -2.76. The van der Waals surface area contributed by atoms with E-state index in [1.807, 2.05) is 30.3 Å². The van der Waals surface area contributed by atoms with Gasteiger partial charge in [-0.25, -0.2) is 4.79 Å². The van der Waals surface area contributed by atoms with Crippen LogP contribution in [0.1, 0.15) is 46.0 Å². The number of aliphatic hydroxyl groups excluding tert-OH is 3. The van der Waals surface area contributed by atoms with Crippen molar-refractivity contribution in [1.82, 2.24) is 10.6 Å². The van der Waals surface area contributed by atoms with Gasteiger partial charge in [0, 0.05) is 18.9 Å². The molecule has 0 saturated carbocycles. The Kier molecular flexibility index (Phi) is 7.77. The van der Waals surface area contributed by atoms with Crippen molar-refractivity contribution < 1.29 is 39.1 Å². The fraction of sp³-hybridized carbons (Fsp3) is 0.652. The van der Waals surface area contributed by atoms with Gasteiger partial charge in [0.2, 0.25) is 5.91 Å². The van der Waals surface area contributed by atoms with E-state index in [1.165, 1.54) is 6.92 Å². The van der Waals surface area contributed by atoms with Gasteiger partial charge in [-0.05, 0) is 20.8 Å². The maximum absolute atomic E-state index is 13.1. The summed E-state index contributed by atoms with van der Waals surface area (Å²) in [5.41, 5.74) is -1.76. The predicted molar refractivity (Wildman–Crippen MR) is 117 cm³/mol. The highest BCUT2D eigenvalue weighted by molar-refractivity contribution is 5.82. The third-order valence-corrected chi connectivity index (χ3v) is 5.74. The number of aliphatic hydroxyl groups is 3. The van der Waals surface area contributed by atoms with Crippen LogP contribution in [0.5, 0.6) is 0 Å². The molecule has 0 radical (unpaired) electrons. The van der Waals surface area contributed by atoms with Gasteiger partial charge in [-0.1, -0.05) is 30.3 Å². The first-order valence-corrected chi connectivity index (χ1v) is 11.0. The average molecular weight is 467 g/mol. The minimum Gasteiger partial charge on any atom is -0.459 e. The van der Waals surface area contributed by atoms with Crippen molar-refractivity contribution in [3.8, 4) is 0 Å². The van der Waals surface area contributed by atoms with Crippen molar-refractivity contribution in [3.63, 3.8) is 0 Å². The van der Waals surface area contributed by atoms with Gasteiger partial charge in [-0.3, -0.25) is 10.1 Å². The molecule has 10 heteroatoms. The molecule has 0 aromatic heterocycles. The van der Waals surface area contributed by atoms with Crippen LogP contribution in [0.15, 0.2) is 30.3 Å². The standard InChI is InChI=1S/C23H34N2O8/c1-13(27)24-17-15(28)10-23(12-26,21(30)33-22(2,3)4)25-18(17)19-16(29)11-31-20(32-19)14-8-6-5-7-9-14/h5-9,15-20,25-26,28-29H,10-12H2,1-4H3,(H,24,27)/t15-,16-,17-,18-,19-,20-,23-/m1/s1. The second-order valence-electron chi connectivity index (χ2n) is 9.65. The molecule has 0 bridgehead atoms. The predicted octanol–water partition coefficient (Wildman–Crippen LogP) is -0.238. The summed E-state index contributed by atoms with van der Waals surface area (Å²) in [5, 5.41) is 37.6. The Morgan fingerprint density at radius 1 is 1.21 bits per heavy atom. The van der Waals surface area contributed by atoms with Crippen molar-refractivity contribution in [2.75, 3.05) is 13.2 Å². The molecule has 0 unspecified atom stereocenters. The van der Waals surface area contributed by atoms with Crippen LogP contribution in [0.2, 0.25) is 0 Å². The summed E-state index contributed by atoms with van der Waals surface area (Å²) in [6, 6.07) is 7.27. The molecule has 0 aliphatic carbocycles. The van der Waals surface area contributed by atoms with Crippen LogP contribution in [-0.2, 0) is 23.8 Å². The number of rotatable bonds is 5. The third-order valence-electron chi connectivity index (χ3n) is 5.74. The number of carbonyl (C=O) groups excluding carboxylic acids is 2. The smallest absolute Gasteiger partial charge is 0.329 e. The lowest BCUT2D eigenvalue weighted by atomic mass is 9.78. The zero-order valence-electron chi connectivity index (χ0n) is 19.4. The number of piperidine rings is 1. The van der Waals surface area contributed by atoms with Crippen LogP contribution < -0.4 is 10.6 Å². The van der Waals surface area contributed by atoms with E-state index < -0.39 is 66.3 Å². The zero-order valence-corrected chi connectivity index (χ0v) is 19.4. The van der Waals surface area contributed by atoms with Gasteiger partial charge in [0.15, 0.2) is 6.29 Å². The molecule has 1 aromatic rings. The Balaban J connectivity index is 1.94. The van der Waals surface area contributed by atoms with E-state index >= 15 is 0 Å². The van der Waals surface area contributed by atoms with Crippen molar-refractivity contribution in [3.05, 3.63) is 35.9 Å². The third kappa shape index (κ3) is 5.89. The summed E-state index contributed by atoms with van der Waals surface area (Å²) in [4.78, 5) is 25.0. The van der Waals surface area contributed by atoms with Gasteiger partial charge in [-0.2, -0.15) is 0 Å². The first-order valence-electron chi connectivity index (χ1n) is 11.0. The largest absolute Gasteiger partial charge is 0.459 e. The van der Waals surface area contributed by atoms with Crippen LogP contribution in [-0.4, -0.2) is 81.9 Å². The molecule has 2 aliphatic heterocycles. The molecular formula is C23H34N2O8. The molecule has 1 aromatic carbocycles. The van der Waals surface area contributed by atoms with Crippen LogP contribution in [0, 0.1) is 0 Å². The van der Waals surface area contributed by atoms with Crippen LogP contribution in [0.4, 0.5) is 0 Å². The second kappa shape index (κ2) is 10.0. The topological polar surface area (TPSA) is 147 Å². The van der Waals surface area contributed by atoms with Crippen molar-refractivity contribution in [1.29, 1.82) is 0 Å². The molecule has 3 rings (SSSR count). The van der Waals surface area contributed by atoms with E-state index in [0.29, 0.717) is 0 Å². The van der Waals surface area contributed by atoms with Crippen molar-refractivity contribution in [2.24, 2.45) is 0 Å². The number of amides is 1. The number of nitrogens with one attached hydrogen (secondary N) is 2. The van der Waals surface area contributed by atoms with E-state index in [4.69, 9.17) is 14.2 Å². The van der Waals surface area contributed by atoms with Gasteiger partial charge in [0.1, 0.15) is 23.3 Å². The number of benzene rings is 1. The minimum absolute atomic E-state index is 0.0656. The number of ether oxygens (including phenoxy) is 3. The molecule has 2 saturated heterocycles. The molecule has 2 heterocycles. The zero-order chi connectivity index (χ0) is 24.4. The van der Waals surface area contributed by atoms with Crippen LogP contribution in [0.25, 0.3) is 0 Å². The number of esters is 1. The molecule has 10 nitrogen and oxygen atoms in total. The fourth-order valence-electron chi connectivity index (χ4n) is 4.25. The molecule has 2 aliphatic rings. The Bertz CT molecular complexity index is 830. The maximum Gasteiger partial charge on any atom is 0.329 e. The molecule has 0 spiro atoms. The molecule has 33 heavy (non-hydrogen) atoms. The Morgan fingerprint density at radius 2 is 1.88 bits per heavy atom. The van der Waals surface area contributed by atoms with E-state index in [-0.39, 0.29) is 13.0 Å². The summed E-state index contributed by atoms with van der Waals surface area (Å²) in [6.07, 6.45) is -4.35. The van der Waals surface area contributed by atoms with E-state index in [9.17, 15) is 24.9 Å². The Labute approximate surface area is 193 Å². The Hall–Kier alpha value is -2.08. The molecule has 7 atom stereocenters. The number of hydrogen-bond donors (Lipinski definition) is 5. The summed E-state index contributed by atoms with van der Waals surface area (Å²) in [7, 11) is 0. The maximum atomic E-state index is 13.1. The van der Waals surface area contributed by atoms with Gasteiger partial charge >= 0.3 is 5.97 Å². The van der Waals surface area contributed by atoms with E-state index in [0.717, 1.165) is 5.56 Å². The average Bonchev–Trinajstić information content (AvgIpc) is 2.74. The monoisotopic (exact) mass is 466 g/mol. The lowest BCUT2D eigenvalue weighted by Gasteiger charge is -2.50. The van der Waals surface area contributed by atoms with Gasteiger partial charge < -0.3 is 34.8 Å². The quantitative estimate of drug-likeness (QED) is 0.371. The summed E-state index contributed by atoms with van der Waals surface area (Å²) >= 11 is 0. The van der Waals surface area contributed by atoms with Gasteiger partial charge in [0.05, 0.1) is 31.4 Å². The summed E-state index contributed by atoms with van der Waals surface area (Å²) in [6.45, 7) is 5.67. The van der Waals surface area contributed by atoms with Gasteiger partial charge in [0.25, 0.3) is 0 Å². The molecule has 5 N–H and O–H groups in total. The highest BCUT2D eigenvalue weighted by Gasteiger charge is 2.55. The van der Waals surface area contributed by atoms with Crippen molar-refractivity contribution >= 4 is 11.9 Å². The van der Waals surface area contributed by atoms with Crippen LogP contribution in [0.3, 0.4) is 0 Å². The van der Waals surface area contributed by atoms with E-state index in [1.54, 1.807) is 20.8 Å². The summed E-state index contributed by atoms with van der Waals surface area (Å²) in [5.74, 6) is -1.15. The second-order valence-corrected chi connectivity index (χ2v) is 9.65. The van der Waals surface area contributed by atoms with E-state index in [2.05, 4.69) is 10.6 Å². The molecular weight excluding hydrogens is 432 g/mol. The Morgan fingerprint density at radius 3 is 2.45 bits per heavy atom. The lowest BCUT2D eigenvalue weighted by molar-refractivity contribution is -0.269. The SMILES string of the molecule is CC(=O)N[C@H]1[C@H]([C@@H]2O[C@H](c3ccccc3)OC[C@H]2O)N[C@](CO)(C(=O)OC(C)(C)C)C[C@H]1O.